The molecule has 2 aromatic carbocycles. The predicted molar refractivity (Wildman–Crippen MR) is 67.2 cm³/mol. The molecule has 0 spiro atoms. The normalized spacial score (nSPS) is 11.2. The molecule has 0 N–H and O–H groups in total. The highest BCUT2D eigenvalue weighted by molar-refractivity contribution is 5.86. The van der Waals surface area contributed by atoms with Crippen molar-refractivity contribution in [2.24, 2.45) is 5.92 Å². The molecule has 0 fully saturated rings. The minimum Gasteiger partial charge on any atom is -0.0625 e. The fourth-order valence-electron chi connectivity index (χ4n) is 2.13. The summed E-state index contributed by atoms with van der Waals surface area (Å²) in [5.74, 6) is 0.727. The largest absolute Gasteiger partial charge is 0.0625 e. The Bertz CT molecular complexity index is 466. The summed E-state index contributed by atoms with van der Waals surface area (Å²) >= 11 is 0. The second kappa shape index (κ2) is 4.06. The monoisotopic (exact) mass is 198 g/mol. The van der Waals surface area contributed by atoms with Crippen molar-refractivity contribution in [1.82, 2.24) is 0 Å². The van der Waals surface area contributed by atoms with Gasteiger partial charge in [-0.15, -0.1) is 0 Å². The van der Waals surface area contributed by atoms with Gasteiger partial charge in [0.1, 0.15) is 0 Å². The Kier molecular flexibility index (Phi) is 2.77. The molecule has 0 aromatic heterocycles. The van der Waals surface area contributed by atoms with Crippen LogP contribution >= 0.6 is 0 Å². The number of rotatable bonds is 2. The third-order valence-corrected chi connectivity index (χ3v) is 2.94. The second-order valence-electron chi connectivity index (χ2n) is 4.67. The number of benzene rings is 2. The standard InChI is InChI=1S/C15H18/c1-11(2)10-14-9-8-13-6-4-5-7-15(13)12(14)3/h4-9,11H,10H2,1-3H3. The van der Waals surface area contributed by atoms with E-state index in [1.165, 1.54) is 28.3 Å². The van der Waals surface area contributed by atoms with Crippen LogP contribution in [0.3, 0.4) is 0 Å². The third-order valence-electron chi connectivity index (χ3n) is 2.94. The van der Waals surface area contributed by atoms with Crippen LogP contribution in [0.2, 0.25) is 0 Å². The smallest absolute Gasteiger partial charge is 0.0152 e. The van der Waals surface area contributed by atoms with Gasteiger partial charge in [0.2, 0.25) is 0 Å². The molecule has 0 heterocycles. The first kappa shape index (κ1) is 10.2. The van der Waals surface area contributed by atoms with Gasteiger partial charge in [0, 0.05) is 0 Å². The van der Waals surface area contributed by atoms with Gasteiger partial charge in [-0.1, -0.05) is 50.2 Å². The summed E-state index contributed by atoms with van der Waals surface area (Å²) in [5.41, 5.74) is 2.94. The molecule has 0 unspecified atom stereocenters. The van der Waals surface area contributed by atoms with E-state index in [0.717, 1.165) is 5.92 Å². The molecule has 0 heteroatoms. The molecule has 78 valence electrons. The van der Waals surface area contributed by atoms with E-state index in [1.807, 2.05) is 0 Å². The van der Waals surface area contributed by atoms with Crippen LogP contribution in [0, 0.1) is 12.8 Å². The Morgan fingerprint density at radius 3 is 2.47 bits per heavy atom. The van der Waals surface area contributed by atoms with Gasteiger partial charge in [0.15, 0.2) is 0 Å². The number of aryl methyl sites for hydroxylation is 1. The van der Waals surface area contributed by atoms with Crippen molar-refractivity contribution in [3.63, 3.8) is 0 Å². The number of fused-ring (bicyclic) bond motifs is 1. The van der Waals surface area contributed by atoms with Crippen molar-refractivity contribution < 1.29 is 0 Å². The van der Waals surface area contributed by atoms with E-state index in [9.17, 15) is 0 Å². The van der Waals surface area contributed by atoms with Crippen LogP contribution in [0.5, 0.6) is 0 Å². The SMILES string of the molecule is Cc1c(CC(C)C)ccc2ccccc12. The van der Waals surface area contributed by atoms with Gasteiger partial charge in [0.25, 0.3) is 0 Å². The lowest BCUT2D eigenvalue weighted by molar-refractivity contribution is 0.645. The Morgan fingerprint density at radius 1 is 1.00 bits per heavy atom. The van der Waals surface area contributed by atoms with E-state index in [4.69, 9.17) is 0 Å². The number of hydrogen-bond donors (Lipinski definition) is 0. The van der Waals surface area contributed by atoms with Crippen LogP contribution < -0.4 is 0 Å². The Balaban J connectivity index is 2.55. The van der Waals surface area contributed by atoms with E-state index >= 15 is 0 Å². The molecule has 15 heavy (non-hydrogen) atoms. The first-order valence-corrected chi connectivity index (χ1v) is 5.65. The first-order chi connectivity index (χ1) is 7.18. The van der Waals surface area contributed by atoms with Gasteiger partial charge in [-0.25, -0.2) is 0 Å². The highest BCUT2D eigenvalue weighted by Gasteiger charge is 2.04. The second-order valence-corrected chi connectivity index (χ2v) is 4.67. The topological polar surface area (TPSA) is 0 Å². The summed E-state index contributed by atoms with van der Waals surface area (Å²) < 4.78 is 0. The molecular weight excluding hydrogens is 180 g/mol. The molecule has 0 atom stereocenters. The van der Waals surface area contributed by atoms with Crippen molar-refractivity contribution in [1.29, 1.82) is 0 Å². The molecule has 0 bridgehead atoms. The van der Waals surface area contributed by atoms with Gasteiger partial charge in [-0.2, -0.15) is 0 Å². The Labute approximate surface area is 91.9 Å². The zero-order chi connectivity index (χ0) is 10.8. The van der Waals surface area contributed by atoms with Gasteiger partial charge in [-0.05, 0) is 41.2 Å². The molecular formula is C15H18. The molecule has 0 saturated carbocycles. The van der Waals surface area contributed by atoms with Gasteiger partial charge in [-0.3, -0.25) is 0 Å². The average Bonchev–Trinajstić information content (AvgIpc) is 2.22. The van der Waals surface area contributed by atoms with E-state index in [-0.39, 0.29) is 0 Å². The van der Waals surface area contributed by atoms with E-state index < -0.39 is 0 Å². The minimum absolute atomic E-state index is 0.727. The molecule has 2 aromatic rings. The van der Waals surface area contributed by atoms with Crippen molar-refractivity contribution in [3.8, 4) is 0 Å². The quantitative estimate of drug-likeness (QED) is 0.673. The molecule has 0 aliphatic carbocycles. The summed E-state index contributed by atoms with van der Waals surface area (Å²) in [5, 5.41) is 2.75. The molecule has 0 aliphatic heterocycles. The predicted octanol–water partition coefficient (Wildman–Crippen LogP) is 4.35. The van der Waals surface area contributed by atoms with Crippen LogP contribution in [0.1, 0.15) is 25.0 Å². The zero-order valence-electron chi connectivity index (χ0n) is 9.75. The minimum atomic E-state index is 0.727. The lowest BCUT2D eigenvalue weighted by Crippen LogP contribution is -1.97. The fraction of sp³-hybridized carbons (Fsp3) is 0.333. The Hall–Kier alpha value is -1.30. The average molecular weight is 198 g/mol. The Morgan fingerprint density at radius 2 is 1.73 bits per heavy atom. The lowest BCUT2D eigenvalue weighted by atomic mass is 9.94. The van der Waals surface area contributed by atoms with Crippen LogP contribution in [0.4, 0.5) is 0 Å². The summed E-state index contributed by atoms with van der Waals surface area (Å²) in [4.78, 5) is 0. The number of hydrogen-bond acceptors (Lipinski definition) is 0. The summed E-state index contributed by atoms with van der Waals surface area (Å²) in [7, 11) is 0. The van der Waals surface area contributed by atoms with Gasteiger partial charge >= 0.3 is 0 Å². The summed E-state index contributed by atoms with van der Waals surface area (Å²) in [6.45, 7) is 6.78. The molecule has 0 aliphatic rings. The third kappa shape index (κ3) is 2.04. The maximum Gasteiger partial charge on any atom is -0.0152 e. The maximum absolute atomic E-state index is 2.28. The van der Waals surface area contributed by atoms with Crippen molar-refractivity contribution in [2.45, 2.75) is 27.2 Å². The van der Waals surface area contributed by atoms with Crippen LogP contribution in [0.15, 0.2) is 36.4 Å². The molecule has 0 radical (unpaired) electrons. The van der Waals surface area contributed by atoms with Crippen molar-refractivity contribution >= 4 is 10.8 Å². The molecule has 0 amide bonds. The molecule has 0 nitrogen and oxygen atoms in total. The summed E-state index contributed by atoms with van der Waals surface area (Å²) in [6, 6.07) is 13.1. The molecule has 0 saturated heterocycles. The van der Waals surface area contributed by atoms with Gasteiger partial charge < -0.3 is 0 Å². The highest BCUT2D eigenvalue weighted by atomic mass is 14.1. The van der Waals surface area contributed by atoms with Crippen molar-refractivity contribution in [3.05, 3.63) is 47.5 Å². The van der Waals surface area contributed by atoms with Crippen LogP contribution in [-0.2, 0) is 6.42 Å². The molecule has 2 rings (SSSR count). The fourth-order valence-corrected chi connectivity index (χ4v) is 2.13. The van der Waals surface area contributed by atoms with Gasteiger partial charge in [0.05, 0.1) is 0 Å². The van der Waals surface area contributed by atoms with Crippen LogP contribution in [0.25, 0.3) is 10.8 Å². The zero-order valence-corrected chi connectivity index (χ0v) is 9.75. The highest BCUT2D eigenvalue weighted by Crippen LogP contribution is 2.23. The van der Waals surface area contributed by atoms with E-state index in [0.29, 0.717) is 0 Å². The maximum atomic E-state index is 2.28. The van der Waals surface area contributed by atoms with E-state index in [1.54, 1.807) is 0 Å². The lowest BCUT2D eigenvalue weighted by Gasteiger charge is -2.11. The summed E-state index contributed by atoms with van der Waals surface area (Å²) in [6.07, 6.45) is 1.18. The first-order valence-electron chi connectivity index (χ1n) is 5.65. The van der Waals surface area contributed by atoms with Crippen LogP contribution in [-0.4, -0.2) is 0 Å². The van der Waals surface area contributed by atoms with Crippen molar-refractivity contribution in [2.75, 3.05) is 0 Å². The van der Waals surface area contributed by atoms with E-state index in [2.05, 4.69) is 57.2 Å².